The van der Waals surface area contributed by atoms with E-state index in [2.05, 4.69) is 41.1 Å². The first kappa shape index (κ1) is 18.0. The quantitative estimate of drug-likeness (QED) is 0.321. The summed E-state index contributed by atoms with van der Waals surface area (Å²) < 4.78 is 0. The second-order valence-corrected chi connectivity index (χ2v) is 6.92. The van der Waals surface area contributed by atoms with Gasteiger partial charge in [-0.15, -0.1) is 9.24 Å². The molecule has 1 aliphatic rings. The van der Waals surface area contributed by atoms with Gasteiger partial charge in [0.1, 0.15) is 0 Å². The van der Waals surface area contributed by atoms with E-state index >= 15 is 0 Å². The van der Waals surface area contributed by atoms with Crippen molar-refractivity contribution in [3.8, 4) is 0 Å². The maximum absolute atomic E-state index is 2.66. The van der Waals surface area contributed by atoms with Gasteiger partial charge >= 0.3 is 0 Å². The maximum atomic E-state index is 2.66. The molecule has 0 radical (unpaired) electrons. The van der Waals surface area contributed by atoms with Crippen molar-refractivity contribution in [2.24, 2.45) is 11.8 Å². The number of rotatable bonds is 9. The summed E-state index contributed by atoms with van der Waals surface area (Å²) in [5, 5.41) is 0. The van der Waals surface area contributed by atoms with E-state index in [9.17, 15) is 0 Å². The molecule has 1 rings (SSSR count). The van der Waals surface area contributed by atoms with Gasteiger partial charge in [0, 0.05) is 0 Å². The van der Waals surface area contributed by atoms with Crippen LogP contribution in [-0.4, -0.2) is 0 Å². The fraction of sp³-hybridized carbons (Fsp3) is 0.789. The average molecular weight is 294 g/mol. The topological polar surface area (TPSA) is 0 Å². The van der Waals surface area contributed by atoms with Crippen LogP contribution in [0.2, 0.25) is 0 Å². The zero-order valence-corrected chi connectivity index (χ0v) is 14.9. The molecular weight excluding hydrogens is 259 g/mol. The Balaban J connectivity index is 2.31. The van der Waals surface area contributed by atoms with Crippen LogP contribution in [0.4, 0.5) is 0 Å². The fourth-order valence-electron chi connectivity index (χ4n) is 3.58. The molecule has 0 aromatic rings. The molecule has 2 atom stereocenters. The minimum atomic E-state index is 0.835. The highest BCUT2D eigenvalue weighted by molar-refractivity contribution is 7.20. The SMILES string of the molecule is CCCC(CCCC1CCCCC1)/C(C)=C/CC=CP. The molecule has 0 amide bonds. The monoisotopic (exact) mass is 294 g/mol. The normalized spacial score (nSPS) is 19.6. The van der Waals surface area contributed by atoms with E-state index in [0.29, 0.717) is 0 Å². The van der Waals surface area contributed by atoms with Gasteiger partial charge in [-0.1, -0.05) is 81.8 Å². The number of hydrogen-bond donors (Lipinski definition) is 0. The Labute approximate surface area is 129 Å². The molecule has 1 saturated carbocycles. The molecule has 1 heteroatoms. The van der Waals surface area contributed by atoms with Gasteiger partial charge in [-0.2, -0.15) is 0 Å². The van der Waals surface area contributed by atoms with Crippen LogP contribution in [0.15, 0.2) is 23.5 Å². The summed E-state index contributed by atoms with van der Waals surface area (Å²) in [6.07, 6.45) is 20.3. The van der Waals surface area contributed by atoms with Crippen LogP contribution < -0.4 is 0 Å². The van der Waals surface area contributed by atoms with Crippen LogP contribution >= 0.6 is 9.24 Å². The van der Waals surface area contributed by atoms with E-state index in [1.807, 2.05) is 0 Å². The lowest BCUT2D eigenvalue weighted by Gasteiger charge is -2.23. The number of allylic oxidation sites excluding steroid dienone is 3. The summed E-state index contributed by atoms with van der Waals surface area (Å²) in [5.41, 5.74) is 1.62. The zero-order valence-electron chi connectivity index (χ0n) is 13.7. The first-order valence-corrected chi connectivity index (χ1v) is 9.48. The van der Waals surface area contributed by atoms with E-state index in [4.69, 9.17) is 0 Å². The van der Waals surface area contributed by atoms with Crippen molar-refractivity contribution in [1.29, 1.82) is 0 Å². The molecule has 1 fully saturated rings. The predicted octanol–water partition coefficient (Wildman–Crippen LogP) is 6.88. The second kappa shape index (κ2) is 11.6. The van der Waals surface area contributed by atoms with Crippen molar-refractivity contribution in [1.82, 2.24) is 0 Å². The Kier molecular flexibility index (Phi) is 10.4. The van der Waals surface area contributed by atoms with Gasteiger partial charge in [-0.3, -0.25) is 0 Å². The van der Waals surface area contributed by atoms with Crippen LogP contribution in [0.3, 0.4) is 0 Å². The highest BCUT2D eigenvalue weighted by Crippen LogP contribution is 2.30. The minimum Gasteiger partial charge on any atom is -0.114 e. The Morgan fingerprint density at radius 1 is 1.20 bits per heavy atom. The Hall–Kier alpha value is -0.0900. The average Bonchev–Trinajstić information content (AvgIpc) is 2.47. The summed E-state index contributed by atoms with van der Waals surface area (Å²) in [5.74, 6) is 3.96. The van der Waals surface area contributed by atoms with Gasteiger partial charge in [-0.25, -0.2) is 0 Å². The number of hydrogen-bond acceptors (Lipinski definition) is 0. The van der Waals surface area contributed by atoms with Crippen molar-refractivity contribution in [2.75, 3.05) is 0 Å². The van der Waals surface area contributed by atoms with E-state index in [1.165, 1.54) is 64.2 Å². The lowest BCUT2D eigenvalue weighted by Crippen LogP contribution is -2.08. The van der Waals surface area contributed by atoms with E-state index in [1.54, 1.807) is 5.57 Å². The van der Waals surface area contributed by atoms with Gasteiger partial charge < -0.3 is 0 Å². The largest absolute Gasteiger partial charge is 0.114 e. The molecule has 0 bridgehead atoms. The molecule has 0 aliphatic heterocycles. The van der Waals surface area contributed by atoms with E-state index in [-0.39, 0.29) is 0 Å². The molecule has 1 aliphatic carbocycles. The summed E-state index contributed by atoms with van der Waals surface area (Å²) >= 11 is 0. The third kappa shape index (κ3) is 7.63. The highest BCUT2D eigenvalue weighted by atomic mass is 31.0. The molecule has 20 heavy (non-hydrogen) atoms. The molecule has 0 nitrogen and oxygen atoms in total. The summed E-state index contributed by atoms with van der Waals surface area (Å²) in [4.78, 5) is 0. The van der Waals surface area contributed by atoms with Crippen molar-refractivity contribution in [2.45, 2.75) is 84.5 Å². The Bertz CT molecular complexity index is 284. The molecule has 0 aromatic carbocycles. The van der Waals surface area contributed by atoms with Gasteiger partial charge in [-0.05, 0) is 38.0 Å². The molecule has 0 saturated heterocycles. The molecule has 116 valence electrons. The zero-order chi connectivity index (χ0) is 14.6. The molecule has 0 aromatic heterocycles. The highest BCUT2D eigenvalue weighted by Gasteiger charge is 2.15. The van der Waals surface area contributed by atoms with Gasteiger partial charge in [0.25, 0.3) is 0 Å². The molecule has 0 heterocycles. The van der Waals surface area contributed by atoms with Crippen LogP contribution in [0, 0.1) is 11.8 Å². The van der Waals surface area contributed by atoms with E-state index in [0.717, 1.165) is 18.3 Å². The molecule has 0 spiro atoms. The summed E-state index contributed by atoms with van der Waals surface area (Å²) in [7, 11) is 2.66. The van der Waals surface area contributed by atoms with Crippen molar-refractivity contribution in [3.63, 3.8) is 0 Å². The van der Waals surface area contributed by atoms with Crippen LogP contribution in [0.5, 0.6) is 0 Å². The molecule has 2 unspecified atom stereocenters. The van der Waals surface area contributed by atoms with Crippen molar-refractivity contribution >= 4 is 9.24 Å². The predicted molar refractivity (Wildman–Crippen MR) is 96.0 cm³/mol. The Morgan fingerprint density at radius 2 is 1.95 bits per heavy atom. The minimum absolute atomic E-state index is 0.835. The van der Waals surface area contributed by atoms with Gasteiger partial charge in [0.15, 0.2) is 0 Å². The lowest BCUT2D eigenvalue weighted by atomic mass is 9.83. The van der Waals surface area contributed by atoms with E-state index < -0.39 is 0 Å². The van der Waals surface area contributed by atoms with Gasteiger partial charge in [0.2, 0.25) is 0 Å². The van der Waals surface area contributed by atoms with Crippen LogP contribution in [0.25, 0.3) is 0 Å². The fourth-order valence-corrected chi connectivity index (χ4v) is 3.73. The first-order chi connectivity index (χ1) is 9.77. The van der Waals surface area contributed by atoms with Crippen molar-refractivity contribution < 1.29 is 0 Å². The smallest absolute Gasteiger partial charge is 0.0163 e. The molecule has 0 N–H and O–H groups in total. The summed E-state index contributed by atoms with van der Waals surface area (Å²) in [6.45, 7) is 4.67. The third-order valence-corrected chi connectivity index (χ3v) is 5.15. The third-order valence-electron chi connectivity index (χ3n) is 4.88. The maximum Gasteiger partial charge on any atom is -0.0163 e. The van der Waals surface area contributed by atoms with Crippen LogP contribution in [-0.2, 0) is 0 Å². The lowest BCUT2D eigenvalue weighted by molar-refractivity contribution is 0.320. The first-order valence-electron chi connectivity index (χ1n) is 8.81. The van der Waals surface area contributed by atoms with Crippen LogP contribution in [0.1, 0.15) is 84.5 Å². The van der Waals surface area contributed by atoms with Gasteiger partial charge in [0.05, 0.1) is 0 Å². The van der Waals surface area contributed by atoms with Crippen molar-refractivity contribution in [3.05, 3.63) is 23.5 Å². The standard InChI is InChI=1S/C19H35P/c1-3-10-19(17(2)11-7-8-16-20)15-9-14-18-12-5-4-6-13-18/h8,11,16,18-19H,3-7,9-10,12-15,20H2,1-2H3/b16-8?,17-11+. The summed E-state index contributed by atoms with van der Waals surface area (Å²) in [6, 6.07) is 0. The second-order valence-electron chi connectivity index (χ2n) is 6.53. The molecular formula is C19H35P. The Morgan fingerprint density at radius 3 is 2.60 bits per heavy atom.